The molecule has 0 N–H and O–H groups in total. The van der Waals surface area contributed by atoms with E-state index in [2.05, 4.69) is 15.0 Å². The highest BCUT2D eigenvalue weighted by Crippen LogP contribution is 2.06. The van der Waals surface area contributed by atoms with Gasteiger partial charge in [0.15, 0.2) is 6.04 Å². The Labute approximate surface area is 63.1 Å². The minimum Gasteiger partial charge on any atom is -0.273 e. The zero-order chi connectivity index (χ0) is 7.68. The Kier molecular flexibility index (Phi) is 1.25. The largest absolute Gasteiger partial charge is 0.278 e. The quantitative estimate of drug-likeness (QED) is 0.476. The van der Waals surface area contributed by atoms with Crippen molar-refractivity contribution in [2.24, 2.45) is 15.0 Å². The summed E-state index contributed by atoms with van der Waals surface area (Å²) in [4.78, 5) is 22.3. The molecule has 1 amide bonds. The average Bonchev–Trinajstić information content (AvgIpc) is 2.06. The topological polar surface area (TPSA) is 54.1 Å². The standard InChI is InChI=1S/C7H5N3O/c11-7-6-5(9-4-10-7)2-1-3-8-6/h1-4,6H. The summed E-state index contributed by atoms with van der Waals surface area (Å²) < 4.78 is 0. The Morgan fingerprint density at radius 3 is 3.18 bits per heavy atom. The number of nitrogens with zero attached hydrogens (tertiary/aromatic N) is 3. The highest BCUT2D eigenvalue weighted by Gasteiger charge is 2.24. The third kappa shape index (κ3) is 0.920. The van der Waals surface area contributed by atoms with E-state index in [0.717, 1.165) is 0 Å². The number of hydrogen-bond donors (Lipinski definition) is 0. The van der Waals surface area contributed by atoms with E-state index in [0.29, 0.717) is 5.71 Å². The Bertz CT molecular complexity index is 312. The van der Waals surface area contributed by atoms with Crippen molar-refractivity contribution in [3.63, 3.8) is 0 Å². The van der Waals surface area contributed by atoms with Crippen LogP contribution in [-0.4, -0.2) is 30.2 Å². The molecule has 0 aromatic rings. The van der Waals surface area contributed by atoms with Crippen LogP contribution in [0, 0.1) is 0 Å². The van der Waals surface area contributed by atoms with Crippen molar-refractivity contribution < 1.29 is 4.79 Å². The molecule has 0 saturated heterocycles. The van der Waals surface area contributed by atoms with Crippen molar-refractivity contribution >= 4 is 24.2 Å². The molecule has 0 bridgehead atoms. The Balaban J connectivity index is 2.43. The summed E-state index contributed by atoms with van der Waals surface area (Å²) in [7, 11) is 0. The summed E-state index contributed by atoms with van der Waals surface area (Å²) >= 11 is 0. The van der Waals surface area contributed by atoms with Gasteiger partial charge in [0.2, 0.25) is 0 Å². The summed E-state index contributed by atoms with van der Waals surface area (Å²) in [5, 5.41) is 0. The maximum Gasteiger partial charge on any atom is 0.278 e. The lowest BCUT2D eigenvalue weighted by Crippen LogP contribution is -2.30. The fourth-order valence-corrected chi connectivity index (χ4v) is 0.972. The number of dihydropyridines is 1. The SMILES string of the molecule is O=C1N=CN=C2C=CC=NC12. The van der Waals surface area contributed by atoms with Crippen molar-refractivity contribution in [1.29, 1.82) is 0 Å². The predicted octanol–water partition coefficient (Wildman–Crippen LogP) is 0.00510. The van der Waals surface area contributed by atoms with Gasteiger partial charge in [0.05, 0.1) is 5.71 Å². The molecule has 0 aromatic carbocycles. The van der Waals surface area contributed by atoms with Crippen molar-refractivity contribution in [2.45, 2.75) is 6.04 Å². The van der Waals surface area contributed by atoms with E-state index in [1.807, 2.05) is 0 Å². The summed E-state index contributed by atoms with van der Waals surface area (Å²) in [6, 6.07) is -0.481. The number of amides is 1. The molecule has 11 heavy (non-hydrogen) atoms. The van der Waals surface area contributed by atoms with Gasteiger partial charge in [0.25, 0.3) is 5.91 Å². The molecule has 1 atom stereocenters. The van der Waals surface area contributed by atoms with Gasteiger partial charge in [-0.05, 0) is 12.2 Å². The highest BCUT2D eigenvalue weighted by atomic mass is 16.1. The van der Waals surface area contributed by atoms with Gasteiger partial charge in [0.1, 0.15) is 6.34 Å². The number of hydrogen-bond acceptors (Lipinski definition) is 3. The van der Waals surface area contributed by atoms with Crippen LogP contribution in [0.1, 0.15) is 0 Å². The number of allylic oxidation sites excluding steroid dienone is 1. The first-order chi connectivity index (χ1) is 5.38. The number of carbonyl (C=O) groups is 1. The van der Waals surface area contributed by atoms with Crippen LogP contribution in [0.15, 0.2) is 27.1 Å². The Morgan fingerprint density at radius 2 is 2.36 bits per heavy atom. The monoisotopic (exact) mass is 147 g/mol. The second-order valence-electron chi connectivity index (χ2n) is 2.20. The first-order valence-electron chi connectivity index (χ1n) is 3.22. The molecule has 2 aliphatic heterocycles. The molecular formula is C7H5N3O. The van der Waals surface area contributed by atoms with Crippen molar-refractivity contribution in [2.75, 3.05) is 0 Å². The van der Waals surface area contributed by atoms with Gasteiger partial charge in [-0.2, -0.15) is 4.99 Å². The molecular weight excluding hydrogens is 142 g/mol. The van der Waals surface area contributed by atoms with Crippen LogP contribution in [0.5, 0.6) is 0 Å². The fraction of sp³-hybridized carbons (Fsp3) is 0.143. The second-order valence-corrected chi connectivity index (χ2v) is 2.20. The first-order valence-corrected chi connectivity index (χ1v) is 3.22. The number of carbonyl (C=O) groups excluding carboxylic acids is 1. The summed E-state index contributed by atoms with van der Waals surface area (Å²) in [5.74, 6) is -0.240. The van der Waals surface area contributed by atoms with Gasteiger partial charge in [0, 0.05) is 6.21 Å². The minimum absolute atomic E-state index is 0.240. The van der Waals surface area contributed by atoms with E-state index in [4.69, 9.17) is 0 Å². The first kappa shape index (κ1) is 6.15. The highest BCUT2D eigenvalue weighted by molar-refractivity contribution is 6.21. The minimum atomic E-state index is -0.481. The van der Waals surface area contributed by atoms with Gasteiger partial charge in [-0.25, -0.2) is 4.99 Å². The molecule has 0 radical (unpaired) electrons. The Hall–Kier alpha value is -1.58. The molecule has 0 saturated carbocycles. The molecule has 0 aliphatic carbocycles. The van der Waals surface area contributed by atoms with E-state index < -0.39 is 6.04 Å². The molecule has 4 nitrogen and oxygen atoms in total. The van der Waals surface area contributed by atoms with Gasteiger partial charge < -0.3 is 0 Å². The smallest absolute Gasteiger partial charge is 0.273 e. The number of aliphatic imine (C=N–C) groups is 3. The molecule has 54 valence electrons. The number of fused-ring (bicyclic) bond motifs is 1. The molecule has 1 unspecified atom stereocenters. The van der Waals surface area contributed by atoms with E-state index in [1.54, 1.807) is 18.4 Å². The number of rotatable bonds is 0. The molecule has 2 heterocycles. The lowest BCUT2D eigenvalue weighted by Gasteiger charge is -2.12. The van der Waals surface area contributed by atoms with Crippen molar-refractivity contribution in [3.05, 3.63) is 12.2 Å². The van der Waals surface area contributed by atoms with Crippen LogP contribution < -0.4 is 0 Å². The summed E-state index contributed by atoms with van der Waals surface area (Å²) in [6.45, 7) is 0. The van der Waals surface area contributed by atoms with Gasteiger partial charge >= 0.3 is 0 Å². The lowest BCUT2D eigenvalue weighted by atomic mass is 10.1. The molecule has 2 aliphatic rings. The molecule has 0 fully saturated rings. The third-order valence-electron chi connectivity index (χ3n) is 1.49. The van der Waals surface area contributed by atoms with Gasteiger partial charge in [-0.3, -0.25) is 9.79 Å². The van der Waals surface area contributed by atoms with E-state index in [-0.39, 0.29) is 5.91 Å². The lowest BCUT2D eigenvalue weighted by molar-refractivity contribution is -0.117. The second kappa shape index (κ2) is 2.23. The zero-order valence-corrected chi connectivity index (χ0v) is 5.64. The summed E-state index contributed by atoms with van der Waals surface area (Å²) in [5.41, 5.74) is 0.674. The molecule has 2 rings (SSSR count). The van der Waals surface area contributed by atoms with Gasteiger partial charge in [-0.15, -0.1) is 0 Å². The zero-order valence-electron chi connectivity index (χ0n) is 5.64. The predicted molar refractivity (Wildman–Crippen MR) is 42.4 cm³/mol. The van der Waals surface area contributed by atoms with Crippen LogP contribution in [0.25, 0.3) is 0 Å². The normalized spacial score (nSPS) is 26.7. The van der Waals surface area contributed by atoms with E-state index in [9.17, 15) is 4.79 Å². The van der Waals surface area contributed by atoms with Gasteiger partial charge in [-0.1, -0.05) is 0 Å². The maximum atomic E-state index is 11.0. The third-order valence-corrected chi connectivity index (χ3v) is 1.49. The van der Waals surface area contributed by atoms with Crippen LogP contribution >= 0.6 is 0 Å². The van der Waals surface area contributed by atoms with Crippen LogP contribution in [-0.2, 0) is 4.79 Å². The van der Waals surface area contributed by atoms with Crippen molar-refractivity contribution in [3.8, 4) is 0 Å². The molecule has 0 spiro atoms. The summed E-state index contributed by atoms with van der Waals surface area (Å²) in [6.07, 6.45) is 6.37. The maximum absolute atomic E-state index is 11.0. The van der Waals surface area contributed by atoms with Crippen LogP contribution in [0.4, 0.5) is 0 Å². The molecule has 0 aromatic heterocycles. The van der Waals surface area contributed by atoms with Crippen molar-refractivity contribution in [1.82, 2.24) is 0 Å². The van der Waals surface area contributed by atoms with E-state index >= 15 is 0 Å². The van der Waals surface area contributed by atoms with Crippen LogP contribution in [0.2, 0.25) is 0 Å². The van der Waals surface area contributed by atoms with E-state index in [1.165, 1.54) is 6.34 Å². The van der Waals surface area contributed by atoms with Crippen LogP contribution in [0.3, 0.4) is 0 Å². The fourth-order valence-electron chi connectivity index (χ4n) is 0.972. The average molecular weight is 147 g/mol. The Morgan fingerprint density at radius 1 is 1.45 bits per heavy atom. The molecule has 4 heteroatoms.